The average molecular weight is 548 g/mol. The summed E-state index contributed by atoms with van der Waals surface area (Å²) in [4.78, 5) is 29.8. The predicted octanol–water partition coefficient (Wildman–Crippen LogP) is 4.90. The van der Waals surface area contributed by atoms with E-state index in [1.165, 1.54) is 11.6 Å². The van der Waals surface area contributed by atoms with Crippen molar-refractivity contribution in [3.63, 3.8) is 0 Å². The molecule has 0 amide bonds. The Bertz CT molecular complexity index is 899. The third-order valence-electron chi connectivity index (χ3n) is 7.05. The van der Waals surface area contributed by atoms with Crippen molar-refractivity contribution in [1.82, 2.24) is 9.80 Å². The molecular weight excluding hydrogens is 510 g/mol. The molecule has 35 heavy (non-hydrogen) atoms. The topological polar surface area (TPSA) is 49.9 Å². The molecule has 1 aromatic carbocycles. The zero-order chi connectivity index (χ0) is 23.4. The monoisotopic (exact) mass is 546 g/mol. The first-order chi connectivity index (χ1) is 16.0. The summed E-state index contributed by atoms with van der Waals surface area (Å²) in [5.41, 5.74) is 1.66. The number of nitrogens with zero attached hydrogens (tertiary/aromatic N) is 2. The van der Waals surface area contributed by atoms with E-state index in [0.717, 1.165) is 51.7 Å². The first-order valence-electron chi connectivity index (χ1n) is 12.3. The van der Waals surface area contributed by atoms with Crippen LogP contribution in [-0.2, 0) is 14.3 Å². The van der Waals surface area contributed by atoms with Crippen LogP contribution in [0.25, 0.3) is 0 Å². The van der Waals surface area contributed by atoms with Crippen molar-refractivity contribution >= 4 is 49.2 Å². The first kappa shape index (κ1) is 30.1. The summed E-state index contributed by atoms with van der Waals surface area (Å²) in [7, 11) is 0. The largest absolute Gasteiger partial charge is 0.466 e. The normalized spacial score (nSPS) is 25.3. The number of carbonyl (C=O) groups is 2. The molecule has 196 valence electrons. The van der Waals surface area contributed by atoms with Crippen molar-refractivity contribution in [3.05, 3.63) is 47.3 Å². The molecule has 2 aliphatic heterocycles. The fraction of sp³-hybridized carbons (Fsp3) is 0.615. The van der Waals surface area contributed by atoms with E-state index in [9.17, 15) is 14.0 Å². The van der Waals surface area contributed by atoms with Crippen LogP contribution in [0.3, 0.4) is 0 Å². The number of piperidine rings is 2. The SMILES string of the molecule is CCOC(=O)C1CCCN(C/C=C2/CN(C(C(=O)C3CC3)c3ccccc3F)CCC2S)C1.Cl.Cl. The number of halogens is 3. The Labute approximate surface area is 226 Å². The molecule has 2 heterocycles. The second-order valence-electron chi connectivity index (χ2n) is 9.51. The molecule has 0 N–H and O–H groups in total. The molecule has 1 aliphatic carbocycles. The predicted molar refractivity (Wildman–Crippen MR) is 144 cm³/mol. The van der Waals surface area contributed by atoms with Gasteiger partial charge in [-0.05, 0) is 57.2 Å². The van der Waals surface area contributed by atoms with Gasteiger partial charge in [-0.2, -0.15) is 12.6 Å². The number of ether oxygens (including phenoxy) is 1. The van der Waals surface area contributed by atoms with Gasteiger partial charge >= 0.3 is 5.97 Å². The first-order valence-corrected chi connectivity index (χ1v) is 12.8. The Hall–Kier alpha value is -1.12. The Morgan fingerprint density at radius 1 is 1.14 bits per heavy atom. The van der Waals surface area contributed by atoms with Crippen molar-refractivity contribution in [2.75, 3.05) is 39.3 Å². The lowest BCUT2D eigenvalue weighted by Crippen LogP contribution is -2.43. The van der Waals surface area contributed by atoms with Crippen molar-refractivity contribution in [3.8, 4) is 0 Å². The van der Waals surface area contributed by atoms with E-state index in [-0.39, 0.29) is 59.5 Å². The van der Waals surface area contributed by atoms with Crippen LogP contribution < -0.4 is 0 Å². The van der Waals surface area contributed by atoms with Gasteiger partial charge in [-0.15, -0.1) is 24.8 Å². The molecule has 3 unspecified atom stereocenters. The minimum atomic E-state index is -0.536. The van der Waals surface area contributed by atoms with Crippen molar-refractivity contribution in [1.29, 1.82) is 0 Å². The Balaban J connectivity index is 0.00000216. The van der Waals surface area contributed by atoms with Gasteiger partial charge in [0.1, 0.15) is 5.82 Å². The van der Waals surface area contributed by atoms with Gasteiger partial charge in [0.05, 0.1) is 18.6 Å². The highest BCUT2D eigenvalue weighted by Crippen LogP contribution is 2.39. The standard InChI is InChI=1S/C26H35FN2O3S.2ClH/c1-2-32-26(31)20-6-5-13-28(16-20)14-11-19-17-29(15-12-23(19)33)24(25(30)18-9-10-18)21-7-3-4-8-22(21)27;;/h3-4,7-8,11,18,20,23-24,33H,2,5-6,9-10,12-17H2,1H3;2*1H/b19-11-;;. The summed E-state index contributed by atoms with van der Waals surface area (Å²) >= 11 is 4.81. The Morgan fingerprint density at radius 3 is 2.57 bits per heavy atom. The van der Waals surface area contributed by atoms with Crippen LogP contribution in [-0.4, -0.2) is 66.1 Å². The lowest BCUT2D eigenvalue weighted by Gasteiger charge is -2.38. The quantitative estimate of drug-likeness (QED) is 0.285. The van der Waals surface area contributed by atoms with Gasteiger partial charge in [-0.25, -0.2) is 4.39 Å². The highest BCUT2D eigenvalue weighted by molar-refractivity contribution is 7.81. The number of likely N-dealkylation sites (tertiary alicyclic amines) is 2. The fourth-order valence-electron chi connectivity index (χ4n) is 5.05. The number of Topliss-reactive ketones (excluding diaryl/α,β-unsaturated/α-hetero) is 1. The van der Waals surface area contributed by atoms with Crippen LogP contribution in [0, 0.1) is 17.7 Å². The second-order valence-corrected chi connectivity index (χ2v) is 10.1. The van der Waals surface area contributed by atoms with Gasteiger partial charge in [0.2, 0.25) is 0 Å². The number of benzene rings is 1. The molecule has 2 saturated heterocycles. The van der Waals surface area contributed by atoms with Crippen LogP contribution in [0.5, 0.6) is 0 Å². The van der Waals surface area contributed by atoms with E-state index in [2.05, 4.69) is 15.9 Å². The minimum absolute atomic E-state index is 0. The van der Waals surface area contributed by atoms with Crippen LogP contribution in [0.15, 0.2) is 35.9 Å². The summed E-state index contributed by atoms with van der Waals surface area (Å²) < 4.78 is 19.9. The summed E-state index contributed by atoms with van der Waals surface area (Å²) in [5, 5.41) is 0.129. The number of rotatable bonds is 8. The van der Waals surface area contributed by atoms with Gasteiger partial charge in [0.25, 0.3) is 0 Å². The molecule has 5 nitrogen and oxygen atoms in total. The van der Waals surface area contributed by atoms with Crippen molar-refractivity contribution < 1.29 is 18.7 Å². The fourth-order valence-corrected chi connectivity index (χ4v) is 5.35. The molecule has 0 radical (unpaired) electrons. The molecule has 4 rings (SSSR count). The van der Waals surface area contributed by atoms with Gasteiger partial charge < -0.3 is 4.74 Å². The molecule has 3 atom stereocenters. The number of hydrogen-bond donors (Lipinski definition) is 1. The summed E-state index contributed by atoms with van der Waals surface area (Å²) in [6.45, 7) is 6.00. The molecule has 0 bridgehead atoms. The molecule has 0 aromatic heterocycles. The van der Waals surface area contributed by atoms with Crippen molar-refractivity contribution in [2.45, 2.75) is 50.3 Å². The van der Waals surface area contributed by atoms with Crippen LogP contribution in [0.2, 0.25) is 0 Å². The van der Waals surface area contributed by atoms with E-state index >= 15 is 0 Å². The smallest absolute Gasteiger partial charge is 0.310 e. The van der Waals surface area contributed by atoms with E-state index in [1.807, 2.05) is 13.0 Å². The van der Waals surface area contributed by atoms with Gasteiger partial charge in [0, 0.05) is 42.9 Å². The summed E-state index contributed by atoms with van der Waals surface area (Å²) in [5.74, 6) is -0.270. The van der Waals surface area contributed by atoms with Gasteiger partial charge in [0.15, 0.2) is 5.78 Å². The molecule has 1 saturated carbocycles. The molecule has 1 aromatic rings. The Kier molecular flexibility index (Phi) is 12.0. The maximum Gasteiger partial charge on any atom is 0.310 e. The minimum Gasteiger partial charge on any atom is -0.466 e. The number of carbonyl (C=O) groups excluding carboxylic acids is 2. The van der Waals surface area contributed by atoms with E-state index in [4.69, 9.17) is 17.4 Å². The van der Waals surface area contributed by atoms with Crippen molar-refractivity contribution in [2.24, 2.45) is 11.8 Å². The zero-order valence-corrected chi connectivity index (χ0v) is 22.8. The van der Waals surface area contributed by atoms with E-state index in [1.54, 1.807) is 12.1 Å². The van der Waals surface area contributed by atoms with Gasteiger partial charge in [-0.3, -0.25) is 19.4 Å². The molecule has 0 spiro atoms. The lowest BCUT2D eigenvalue weighted by atomic mass is 9.93. The second kappa shape index (κ2) is 14.0. The van der Waals surface area contributed by atoms with E-state index in [0.29, 0.717) is 25.3 Å². The highest BCUT2D eigenvalue weighted by atomic mass is 35.5. The molecule has 3 fully saturated rings. The number of esters is 1. The van der Waals surface area contributed by atoms with Crippen LogP contribution in [0.1, 0.15) is 50.6 Å². The summed E-state index contributed by atoms with van der Waals surface area (Å²) in [6.07, 6.45) is 6.70. The molecule has 3 aliphatic rings. The highest BCUT2D eigenvalue weighted by Gasteiger charge is 2.40. The maximum atomic E-state index is 14.7. The maximum absolute atomic E-state index is 14.7. The third kappa shape index (κ3) is 7.68. The van der Waals surface area contributed by atoms with Gasteiger partial charge in [-0.1, -0.05) is 24.3 Å². The summed E-state index contributed by atoms with van der Waals surface area (Å²) in [6, 6.07) is 6.14. The van der Waals surface area contributed by atoms with E-state index < -0.39 is 6.04 Å². The van der Waals surface area contributed by atoms with Crippen LogP contribution in [0.4, 0.5) is 4.39 Å². The number of hydrogen-bond acceptors (Lipinski definition) is 6. The Morgan fingerprint density at radius 2 is 1.89 bits per heavy atom. The molecular formula is C26H37Cl2FN2O3S. The average Bonchev–Trinajstić information content (AvgIpc) is 3.66. The number of thiol groups is 1. The number of ketones is 1. The lowest BCUT2D eigenvalue weighted by molar-refractivity contribution is -0.149. The van der Waals surface area contributed by atoms with Crippen LogP contribution >= 0.6 is 37.4 Å². The third-order valence-corrected chi connectivity index (χ3v) is 7.64. The zero-order valence-electron chi connectivity index (χ0n) is 20.2. The molecule has 9 heteroatoms.